The van der Waals surface area contributed by atoms with Gasteiger partial charge in [-0.2, -0.15) is 0 Å². The van der Waals surface area contributed by atoms with Crippen LogP contribution in [0.25, 0.3) is 0 Å². The van der Waals surface area contributed by atoms with Crippen LogP contribution in [0.15, 0.2) is 18.3 Å². The molecule has 4 nitrogen and oxygen atoms in total. The number of carbonyl (C=O) groups excluding carboxylic acids is 1. The fourth-order valence-corrected chi connectivity index (χ4v) is 1.79. The summed E-state index contributed by atoms with van der Waals surface area (Å²) in [5.41, 5.74) is 1.39. The summed E-state index contributed by atoms with van der Waals surface area (Å²) in [6.45, 7) is 2.29. The quantitative estimate of drug-likeness (QED) is 0.823. The zero-order chi connectivity index (χ0) is 11.5. The van der Waals surface area contributed by atoms with Crippen molar-refractivity contribution >= 4 is 5.91 Å². The Labute approximate surface area is 94.9 Å². The van der Waals surface area contributed by atoms with Gasteiger partial charge in [0.2, 0.25) is 0 Å². The lowest BCUT2D eigenvalue weighted by atomic mass is 10.2. The average Bonchev–Trinajstić information content (AvgIpc) is 3.09. The topological polar surface area (TPSA) is 53.4 Å². The molecule has 1 heterocycles. The zero-order valence-corrected chi connectivity index (χ0v) is 9.39. The Morgan fingerprint density at radius 1 is 1.62 bits per heavy atom. The highest BCUT2D eigenvalue weighted by molar-refractivity contribution is 5.94. The molecule has 1 saturated carbocycles. The third-order valence-electron chi connectivity index (χ3n) is 2.80. The minimum absolute atomic E-state index is 0.00806. The van der Waals surface area contributed by atoms with Crippen molar-refractivity contribution in [3.05, 3.63) is 29.6 Å². The number of aliphatic hydroxyl groups excluding tert-OH is 1. The van der Waals surface area contributed by atoms with Crippen LogP contribution in [0.4, 0.5) is 0 Å². The van der Waals surface area contributed by atoms with E-state index in [1.165, 1.54) is 0 Å². The van der Waals surface area contributed by atoms with Crippen molar-refractivity contribution in [2.24, 2.45) is 0 Å². The Morgan fingerprint density at radius 2 is 2.38 bits per heavy atom. The van der Waals surface area contributed by atoms with E-state index in [0.717, 1.165) is 18.4 Å². The van der Waals surface area contributed by atoms with Crippen molar-refractivity contribution in [2.45, 2.75) is 25.8 Å². The predicted molar refractivity (Wildman–Crippen MR) is 60.1 cm³/mol. The number of aliphatic hydroxyl groups is 1. The van der Waals surface area contributed by atoms with Crippen LogP contribution in [0.5, 0.6) is 0 Å². The van der Waals surface area contributed by atoms with Gasteiger partial charge < -0.3 is 10.0 Å². The van der Waals surface area contributed by atoms with Gasteiger partial charge in [-0.25, -0.2) is 0 Å². The Kier molecular flexibility index (Phi) is 3.19. The molecule has 0 radical (unpaired) electrons. The lowest BCUT2D eigenvalue weighted by Crippen LogP contribution is -2.36. The molecule has 0 saturated heterocycles. The number of nitrogens with zero attached hydrogens (tertiary/aromatic N) is 2. The molecule has 86 valence electrons. The number of aromatic nitrogens is 1. The van der Waals surface area contributed by atoms with Gasteiger partial charge in [-0.1, -0.05) is 6.07 Å². The summed E-state index contributed by atoms with van der Waals surface area (Å²) in [4.78, 5) is 18.0. The summed E-state index contributed by atoms with van der Waals surface area (Å²) in [6.07, 6.45) is 3.71. The molecule has 4 heteroatoms. The summed E-state index contributed by atoms with van der Waals surface area (Å²) in [7, 11) is 0. The number of carbonyl (C=O) groups is 1. The largest absolute Gasteiger partial charge is 0.395 e. The maximum Gasteiger partial charge on any atom is 0.273 e. The molecule has 0 aromatic carbocycles. The van der Waals surface area contributed by atoms with E-state index in [0.29, 0.717) is 18.3 Å². The van der Waals surface area contributed by atoms with Crippen LogP contribution in [0, 0.1) is 6.92 Å². The van der Waals surface area contributed by atoms with E-state index < -0.39 is 0 Å². The second kappa shape index (κ2) is 4.61. The molecule has 0 spiro atoms. The SMILES string of the molecule is Cc1cccnc1C(=O)N(CCO)C1CC1. The smallest absolute Gasteiger partial charge is 0.273 e. The van der Waals surface area contributed by atoms with E-state index in [9.17, 15) is 4.79 Å². The summed E-state index contributed by atoms with van der Waals surface area (Å²) < 4.78 is 0. The van der Waals surface area contributed by atoms with Crippen molar-refractivity contribution in [1.82, 2.24) is 9.88 Å². The normalized spacial score (nSPS) is 14.9. The van der Waals surface area contributed by atoms with Crippen LogP contribution in [0.2, 0.25) is 0 Å². The third kappa shape index (κ3) is 2.22. The molecule has 1 aromatic heterocycles. The van der Waals surface area contributed by atoms with E-state index >= 15 is 0 Å². The maximum absolute atomic E-state index is 12.2. The van der Waals surface area contributed by atoms with Gasteiger partial charge in [0.15, 0.2) is 0 Å². The van der Waals surface area contributed by atoms with Gasteiger partial charge in [0.05, 0.1) is 6.61 Å². The van der Waals surface area contributed by atoms with E-state index in [2.05, 4.69) is 4.98 Å². The summed E-state index contributed by atoms with van der Waals surface area (Å²) in [6, 6.07) is 4.00. The van der Waals surface area contributed by atoms with Crippen molar-refractivity contribution in [3.8, 4) is 0 Å². The molecule has 0 unspecified atom stereocenters. The van der Waals surface area contributed by atoms with Crippen molar-refractivity contribution < 1.29 is 9.90 Å². The first kappa shape index (κ1) is 11.1. The van der Waals surface area contributed by atoms with Crippen molar-refractivity contribution in [3.63, 3.8) is 0 Å². The molecule has 1 N–H and O–H groups in total. The minimum atomic E-state index is -0.0605. The summed E-state index contributed by atoms with van der Waals surface area (Å²) in [5.74, 6) is -0.0605. The summed E-state index contributed by atoms with van der Waals surface area (Å²) in [5, 5.41) is 8.96. The highest BCUT2D eigenvalue weighted by Crippen LogP contribution is 2.28. The average molecular weight is 220 g/mol. The number of rotatable bonds is 4. The first-order valence-corrected chi connectivity index (χ1v) is 5.57. The number of aryl methyl sites for hydroxylation is 1. The van der Waals surface area contributed by atoms with Crippen LogP contribution >= 0.6 is 0 Å². The van der Waals surface area contributed by atoms with Gasteiger partial charge >= 0.3 is 0 Å². The number of pyridine rings is 1. The minimum Gasteiger partial charge on any atom is -0.395 e. The molecule has 16 heavy (non-hydrogen) atoms. The Bertz CT molecular complexity index is 388. The molecule has 0 atom stereocenters. The zero-order valence-electron chi connectivity index (χ0n) is 9.39. The second-order valence-electron chi connectivity index (χ2n) is 4.12. The van der Waals surface area contributed by atoms with E-state index in [1.54, 1.807) is 11.1 Å². The Morgan fingerprint density at radius 3 is 2.94 bits per heavy atom. The van der Waals surface area contributed by atoms with Gasteiger partial charge in [-0.05, 0) is 31.4 Å². The van der Waals surface area contributed by atoms with Crippen LogP contribution in [0.1, 0.15) is 28.9 Å². The molecule has 1 aliphatic rings. The molecular formula is C12H16N2O2. The molecule has 0 bridgehead atoms. The number of hydrogen-bond acceptors (Lipinski definition) is 3. The predicted octanol–water partition coefficient (Wildman–Crippen LogP) is 0.987. The van der Waals surface area contributed by atoms with E-state index in [1.807, 2.05) is 19.1 Å². The van der Waals surface area contributed by atoms with Crippen molar-refractivity contribution in [1.29, 1.82) is 0 Å². The fourth-order valence-electron chi connectivity index (χ4n) is 1.79. The van der Waals surface area contributed by atoms with Gasteiger partial charge in [0.25, 0.3) is 5.91 Å². The maximum atomic E-state index is 12.2. The van der Waals surface area contributed by atoms with Crippen LogP contribution < -0.4 is 0 Å². The molecule has 1 aromatic rings. The Balaban J connectivity index is 2.19. The molecule has 1 amide bonds. The van der Waals surface area contributed by atoms with E-state index in [-0.39, 0.29) is 12.5 Å². The van der Waals surface area contributed by atoms with Crippen LogP contribution in [0.3, 0.4) is 0 Å². The standard InChI is InChI=1S/C12H16N2O2/c1-9-3-2-6-13-11(9)12(16)14(7-8-15)10-4-5-10/h2-3,6,10,15H,4-5,7-8H2,1H3. The van der Waals surface area contributed by atoms with Gasteiger partial charge in [-0.15, -0.1) is 0 Å². The molecule has 1 aliphatic carbocycles. The molecule has 2 rings (SSSR count). The van der Waals surface area contributed by atoms with Gasteiger partial charge in [-0.3, -0.25) is 9.78 Å². The third-order valence-corrected chi connectivity index (χ3v) is 2.80. The first-order chi connectivity index (χ1) is 7.74. The number of amides is 1. The Hall–Kier alpha value is -1.42. The monoisotopic (exact) mass is 220 g/mol. The van der Waals surface area contributed by atoms with E-state index in [4.69, 9.17) is 5.11 Å². The van der Waals surface area contributed by atoms with Crippen LogP contribution in [-0.4, -0.2) is 40.1 Å². The van der Waals surface area contributed by atoms with Crippen LogP contribution in [-0.2, 0) is 0 Å². The molecule has 0 aliphatic heterocycles. The summed E-state index contributed by atoms with van der Waals surface area (Å²) >= 11 is 0. The lowest BCUT2D eigenvalue weighted by Gasteiger charge is -2.21. The van der Waals surface area contributed by atoms with Crippen molar-refractivity contribution in [2.75, 3.05) is 13.2 Å². The fraction of sp³-hybridized carbons (Fsp3) is 0.500. The number of hydrogen-bond donors (Lipinski definition) is 1. The first-order valence-electron chi connectivity index (χ1n) is 5.57. The molecule has 1 fully saturated rings. The molecular weight excluding hydrogens is 204 g/mol. The van der Waals surface area contributed by atoms with Gasteiger partial charge in [0.1, 0.15) is 5.69 Å². The van der Waals surface area contributed by atoms with Gasteiger partial charge in [0, 0.05) is 18.8 Å². The highest BCUT2D eigenvalue weighted by Gasteiger charge is 2.33. The highest BCUT2D eigenvalue weighted by atomic mass is 16.3. The second-order valence-corrected chi connectivity index (χ2v) is 4.12. The lowest BCUT2D eigenvalue weighted by molar-refractivity contribution is 0.0701.